The highest BCUT2D eigenvalue weighted by atomic mass is 16.5. The van der Waals surface area contributed by atoms with Crippen molar-refractivity contribution < 1.29 is 4.74 Å². The lowest BCUT2D eigenvalue weighted by Gasteiger charge is -2.23. The second kappa shape index (κ2) is 5.41. The molecular formula is C16H18N2O. The van der Waals surface area contributed by atoms with Gasteiger partial charge in [0.25, 0.3) is 0 Å². The number of hydrogen-bond acceptors (Lipinski definition) is 3. The number of rotatable bonds is 3. The van der Waals surface area contributed by atoms with Gasteiger partial charge in [-0.05, 0) is 42.5 Å². The molecule has 2 heterocycles. The fourth-order valence-electron chi connectivity index (χ4n) is 2.59. The molecule has 98 valence electrons. The summed E-state index contributed by atoms with van der Waals surface area (Å²) in [7, 11) is 0. The predicted molar refractivity (Wildman–Crippen MR) is 75.1 cm³/mol. The molecular weight excluding hydrogens is 236 g/mol. The number of fused-ring (bicyclic) bond motifs is 1. The molecule has 1 atom stereocenters. The van der Waals surface area contributed by atoms with Crippen molar-refractivity contribution in [3.63, 3.8) is 0 Å². The van der Waals surface area contributed by atoms with Crippen LogP contribution >= 0.6 is 0 Å². The van der Waals surface area contributed by atoms with Crippen LogP contribution in [0, 0.1) is 0 Å². The maximum Gasteiger partial charge on any atom is 0.127 e. The molecule has 2 aromatic rings. The molecule has 0 saturated heterocycles. The van der Waals surface area contributed by atoms with Crippen molar-refractivity contribution in [1.82, 2.24) is 4.98 Å². The summed E-state index contributed by atoms with van der Waals surface area (Å²) in [6.07, 6.45) is 6.60. The molecule has 0 amide bonds. The van der Waals surface area contributed by atoms with Crippen LogP contribution in [0.25, 0.3) is 0 Å². The third kappa shape index (κ3) is 2.61. The van der Waals surface area contributed by atoms with Crippen molar-refractivity contribution in [2.75, 3.05) is 6.61 Å². The van der Waals surface area contributed by atoms with Gasteiger partial charge < -0.3 is 10.5 Å². The number of ether oxygens (including phenoxy) is 1. The summed E-state index contributed by atoms with van der Waals surface area (Å²) >= 11 is 0. The Labute approximate surface area is 113 Å². The monoisotopic (exact) mass is 254 g/mol. The van der Waals surface area contributed by atoms with E-state index in [1.54, 1.807) is 12.4 Å². The fraction of sp³-hybridized carbons (Fsp3) is 0.312. The molecule has 3 nitrogen and oxygen atoms in total. The highest BCUT2D eigenvalue weighted by Crippen LogP contribution is 2.33. The second-order valence-electron chi connectivity index (χ2n) is 4.95. The quantitative estimate of drug-likeness (QED) is 0.916. The molecule has 1 aliphatic rings. The zero-order chi connectivity index (χ0) is 13.1. The van der Waals surface area contributed by atoms with Crippen LogP contribution in [0.5, 0.6) is 5.75 Å². The third-order valence-electron chi connectivity index (χ3n) is 3.57. The molecule has 1 aliphatic heterocycles. The van der Waals surface area contributed by atoms with Crippen LogP contribution in [0.15, 0.2) is 42.7 Å². The molecule has 0 aliphatic carbocycles. The first kappa shape index (κ1) is 12.2. The highest BCUT2D eigenvalue weighted by Gasteiger charge is 2.18. The number of aromatic nitrogens is 1. The van der Waals surface area contributed by atoms with E-state index < -0.39 is 0 Å². The Bertz CT molecular complexity index is 554. The summed E-state index contributed by atoms with van der Waals surface area (Å²) in [6, 6.07) is 10.3. The number of para-hydroxylation sites is 1. The number of benzene rings is 1. The van der Waals surface area contributed by atoms with Gasteiger partial charge in [-0.1, -0.05) is 18.2 Å². The van der Waals surface area contributed by atoms with Crippen LogP contribution < -0.4 is 10.5 Å². The van der Waals surface area contributed by atoms with E-state index in [1.807, 2.05) is 12.1 Å². The second-order valence-corrected chi connectivity index (χ2v) is 4.95. The van der Waals surface area contributed by atoms with Gasteiger partial charge in [-0.25, -0.2) is 0 Å². The smallest absolute Gasteiger partial charge is 0.127 e. The Kier molecular flexibility index (Phi) is 3.47. The summed E-state index contributed by atoms with van der Waals surface area (Å²) in [4.78, 5) is 4.03. The average molecular weight is 254 g/mol. The Morgan fingerprint density at radius 1 is 1.21 bits per heavy atom. The molecule has 19 heavy (non-hydrogen) atoms. The summed E-state index contributed by atoms with van der Waals surface area (Å²) < 4.78 is 5.82. The van der Waals surface area contributed by atoms with E-state index in [9.17, 15) is 0 Å². The van der Waals surface area contributed by atoms with Crippen LogP contribution in [-0.4, -0.2) is 11.6 Å². The number of hydrogen-bond donors (Lipinski definition) is 1. The zero-order valence-electron chi connectivity index (χ0n) is 10.9. The van der Waals surface area contributed by atoms with E-state index in [2.05, 4.69) is 23.2 Å². The molecule has 0 spiro atoms. The van der Waals surface area contributed by atoms with Gasteiger partial charge in [0.05, 0.1) is 6.61 Å². The first-order valence-corrected chi connectivity index (χ1v) is 6.73. The van der Waals surface area contributed by atoms with Gasteiger partial charge in [-0.15, -0.1) is 0 Å². The van der Waals surface area contributed by atoms with E-state index in [0.29, 0.717) is 0 Å². The molecule has 1 unspecified atom stereocenters. The van der Waals surface area contributed by atoms with Crippen molar-refractivity contribution >= 4 is 0 Å². The number of nitrogens with two attached hydrogens (primary N) is 1. The SMILES string of the molecule is NC(Cc1ccncc1)c1cccc2c1OCCC2. The van der Waals surface area contributed by atoms with Gasteiger partial charge in [0, 0.05) is 24.0 Å². The maximum atomic E-state index is 6.35. The van der Waals surface area contributed by atoms with Crippen molar-refractivity contribution in [2.45, 2.75) is 25.3 Å². The Hall–Kier alpha value is -1.87. The van der Waals surface area contributed by atoms with Crippen LogP contribution in [0.4, 0.5) is 0 Å². The first-order chi connectivity index (χ1) is 9.34. The summed E-state index contributed by atoms with van der Waals surface area (Å²) in [5.74, 6) is 1.01. The van der Waals surface area contributed by atoms with Crippen molar-refractivity contribution in [2.24, 2.45) is 5.73 Å². The molecule has 2 N–H and O–H groups in total. The van der Waals surface area contributed by atoms with Crippen LogP contribution in [-0.2, 0) is 12.8 Å². The first-order valence-electron chi connectivity index (χ1n) is 6.73. The predicted octanol–water partition coefficient (Wildman–Crippen LogP) is 2.65. The normalized spacial score (nSPS) is 15.4. The van der Waals surface area contributed by atoms with Gasteiger partial charge >= 0.3 is 0 Å². The van der Waals surface area contributed by atoms with Gasteiger partial charge in [0.1, 0.15) is 5.75 Å². The van der Waals surface area contributed by atoms with E-state index in [1.165, 1.54) is 11.1 Å². The zero-order valence-corrected chi connectivity index (χ0v) is 10.9. The fourth-order valence-corrected chi connectivity index (χ4v) is 2.59. The summed E-state index contributed by atoms with van der Waals surface area (Å²) in [5.41, 5.74) is 9.96. The molecule has 1 aromatic heterocycles. The summed E-state index contributed by atoms with van der Waals surface area (Å²) in [5, 5.41) is 0. The van der Waals surface area contributed by atoms with Crippen LogP contribution in [0.2, 0.25) is 0 Å². The summed E-state index contributed by atoms with van der Waals surface area (Å²) in [6.45, 7) is 0.798. The van der Waals surface area contributed by atoms with Gasteiger partial charge in [0.2, 0.25) is 0 Å². The third-order valence-corrected chi connectivity index (χ3v) is 3.57. The van der Waals surface area contributed by atoms with Gasteiger partial charge in [-0.3, -0.25) is 4.98 Å². The van der Waals surface area contributed by atoms with E-state index in [4.69, 9.17) is 10.5 Å². The molecule has 3 rings (SSSR count). The maximum absolute atomic E-state index is 6.35. The highest BCUT2D eigenvalue weighted by molar-refractivity contribution is 5.44. The number of aryl methyl sites for hydroxylation is 1. The number of nitrogens with zero attached hydrogens (tertiary/aromatic N) is 1. The lowest BCUT2D eigenvalue weighted by Crippen LogP contribution is -2.18. The minimum atomic E-state index is -0.0320. The molecule has 0 radical (unpaired) electrons. The Morgan fingerprint density at radius 3 is 2.89 bits per heavy atom. The molecule has 1 aromatic carbocycles. The van der Waals surface area contributed by atoms with Gasteiger partial charge in [0.15, 0.2) is 0 Å². The van der Waals surface area contributed by atoms with E-state index in [0.717, 1.165) is 37.2 Å². The van der Waals surface area contributed by atoms with Crippen molar-refractivity contribution in [3.05, 3.63) is 59.4 Å². The standard InChI is InChI=1S/C16H18N2O/c17-15(11-12-6-8-18-9-7-12)14-5-1-3-13-4-2-10-19-16(13)14/h1,3,5-9,15H,2,4,10-11,17H2. The lowest BCUT2D eigenvalue weighted by atomic mass is 9.95. The van der Waals surface area contributed by atoms with E-state index >= 15 is 0 Å². The average Bonchev–Trinajstić information content (AvgIpc) is 2.47. The van der Waals surface area contributed by atoms with E-state index in [-0.39, 0.29) is 6.04 Å². The number of pyridine rings is 1. The molecule has 0 saturated carbocycles. The molecule has 0 bridgehead atoms. The Balaban J connectivity index is 1.86. The van der Waals surface area contributed by atoms with Crippen LogP contribution in [0.3, 0.4) is 0 Å². The topological polar surface area (TPSA) is 48.1 Å². The largest absolute Gasteiger partial charge is 0.493 e. The van der Waals surface area contributed by atoms with Crippen LogP contribution in [0.1, 0.15) is 29.2 Å². The molecule has 3 heteroatoms. The Morgan fingerprint density at radius 2 is 2.05 bits per heavy atom. The minimum Gasteiger partial charge on any atom is -0.493 e. The van der Waals surface area contributed by atoms with Gasteiger partial charge in [-0.2, -0.15) is 0 Å². The van der Waals surface area contributed by atoms with Crippen molar-refractivity contribution in [1.29, 1.82) is 0 Å². The minimum absolute atomic E-state index is 0.0320. The lowest BCUT2D eigenvalue weighted by molar-refractivity contribution is 0.283. The molecule has 0 fully saturated rings. The van der Waals surface area contributed by atoms with Crippen molar-refractivity contribution in [3.8, 4) is 5.75 Å².